The molecule has 176 valence electrons. The van der Waals surface area contributed by atoms with Crippen molar-refractivity contribution in [3.8, 4) is 5.69 Å². The highest BCUT2D eigenvalue weighted by molar-refractivity contribution is 7.99. The molecule has 4 aromatic rings. The lowest BCUT2D eigenvalue weighted by atomic mass is 10.1. The lowest BCUT2D eigenvalue weighted by Crippen LogP contribution is -2.17. The summed E-state index contributed by atoms with van der Waals surface area (Å²) in [6.07, 6.45) is 1.67. The van der Waals surface area contributed by atoms with E-state index in [0.29, 0.717) is 17.6 Å². The van der Waals surface area contributed by atoms with E-state index in [9.17, 15) is 18.0 Å². The highest BCUT2D eigenvalue weighted by Gasteiger charge is 2.32. The van der Waals surface area contributed by atoms with Crippen molar-refractivity contribution in [1.29, 1.82) is 0 Å². The summed E-state index contributed by atoms with van der Waals surface area (Å²) in [4.78, 5) is 16.5. The Bertz CT molecular complexity index is 1280. The van der Waals surface area contributed by atoms with Gasteiger partial charge >= 0.3 is 6.18 Å². The summed E-state index contributed by atoms with van der Waals surface area (Å²) in [5, 5.41) is 15.6. The van der Waals surface area contributed by atoms with Crippen molar-refractivity contribution in [1.82, 2.24) is 29.5 Å². The second-order valence-electron chi connectivity index (χ2n) is 7.69. The number of furan rings is 1. The number of hydrogen-bond donors (Lipinski definition) is 1. The van der Waals surface area contributed by atoms with Crippen molar-refractivity contribution in [3.63, 3.8) is 0 Å². The number of nitrogens with zero attached hydrogens (tertiary/aromatic N) is 6. The molecule has 0 atom stereocenters. The van der Waals surface area contributed by atoms with Gasteiger partial charge in [-0.05, 0) is 43.2 Å². The molecule has 1 N–H and O–H groups in total. The maximum atomic E-state index is 13.2. The van der Waals surface area contributed by atoms with Crippen LogP contribution in [0.15, 0.2) is 58.8 Å². The van der Waals surface area contributed by atoms with Crippen LogP contribution in [0.4, 0.5) is 18.9 Å². The molecule has 1 saturated carbocycles. The van der Waals surface area contributed by atoms with E-state index in [2.05, 4.69) is 25.6 Å². The number of carbonyl (C=O) groups excluding carboxylic acids is 1. The number of benzene rings is 1. The lowest BCUT2D eigenvalue weighted by Gasteiger charge is -2.14. The number of aromatic nitrogens is 6. The predicted molar refractivity (Wildman–Crippen MR) is 116 cm³/mol. The molecule has 9 nitrogen and oxygen atoms in total. The Balaban J connectivity index is 1.33. The van der Waals surface area contributed by atoms with Crippen molar-refractivity contribution in [2.45, 2.75) is 36.6 Å². The summed E-state index contributed by atoms with van der Waals surface area (Å²) in [7, 11) is 0. The zero-order valence-corrected chi connectivity index (χ0v) is 18.4. The molecule has 1 fully saturated rings. The molecule has 0 aliphatic heterocycles. The molecular weight excluding hydrogens is 471 g/mol. The second kappa shape index (κ2) is 8.97. The van der Waals surface area contributed by atoms with Crippen LogP contribution in [0.5, 0.6) is 0 Å². The minimum Gasteiger partial charge on any atom is -0.467 e. The van der Waals surface area contributed by atoms with Gasteiger partial charge in [-0.2, -0.15) is 18.3 Å². The van der Waals surface area contributed by atoms with E-state index in [1.807, 2.05) is 10.6 Å². The van der Waals surface area contributed by atoms with E-state index in [1.165, 1.54) is 23.4 Å². The lowest BCUT2D eigenvalue weighted by molar-refractivity contribution is -0.137. The van der Waals surface area contributed by atoms with E-state index in [4.69, 9.17) is 4.42 Å². The number of nitrogens with one attached hydrogen (secondary N) is 1. The first-order chi connectivity index (χ1) is 16.4. The number of thioether (sulfide) groups is 1. The number of carbonyl (C=O) groups is 1. The average Bonchev–Trinajstić information content (AvgIpc) is 3.20. The Kier molecular flexibility index (Phi) is 5.86. The topological polar surface area (TPSA) is 104 Å². The monoisotopic (exact) mass is 489 g/mol. The van der Waals surface area contributed by atoms with Crippen LogP contribution in [0.3, 0.4) is 0 Å². The first-order valence-electron chi connectivity index (χ1n) is 10.3. The van der Waals surface area contributed by atoms with Crippen LogP contribution in [-0.4, -0.2) is 41.2 Å². The minimum atomic E-state index is -4.56. The van der Waals surface area contributed by atoms with Crippen molar-refractivity contribution >= 4 is 23.4 Å². The predicted octanol–water partition coefficient (Wildman–Crippen LogP) is 4.13. The highest BCUT2D eigenvalue weighted by atomic mass is 32.2. The van der Waals surface area contributed by atoms with Crippen LogP contribution < -0.4 is 5.32 Å². The third-order valence-electron chi connectivity index (χ3n) is 5.18. The molecule has 0 spiro atoms. The Morgan fingerprint density at radius 1 is 1.24 bits per heavy atom. The van der Waals surface area contributed by atoms with Gasteiger partial charge in [-0.1, -0.05) is 11.8 Å². The van der Waals surface area contributed by atoms with Crippen LogP contribution in [-0.2, 0) is 17.5 Å². The van der Waals surface area contributed by atoms with E-state index in [1.54, 1.807) is 12.3 Å². The highest BCUT2D eigenvalue weighted by Crippen LogP contribution is 2.40. The van der Waals surface area contributed by atoms with E-state index < -0.39 is 17.6 Å². The van der Waals surface area contributed by atoms with Gasteiger partial charge in [-0.15, -0.1) is 10.2 Å². The quantitative estimate of drug-likeness (QED) is 0.371. The third-order valence-corrected chi connectivity index (χ3v) is 6.14. The SMILES string of the molecule is O=C(CSc1nnc(C2CC2)n1Cc1ccco1)Nc1cc(C(F)(F)F)ccc1-n1cncn1. The second-order valence-corrected chi connectivity index (χ2v) is 8.63. The maximum absolute atomic E-state index is 13.2. The fourth-order valence-corrected chi connectivity index (χ4v) is 4.16. The Morgan fingerprint density at radius 3 is 2.76 bits per heavy atom. The molecule has 3 aromatic heterocycles. The van der Waals surface area contributed by atoms with Crippen LogP contribution in [0.1, 0.15) is 35.9 Å². The largest absolute Gasteiger partial charge is 0.467 e. The molecule has 1 aromatic carbocycles. The van der Waals surface area contributed by atoms with Crippen LogP contribution in [0.25, 0.3) is 5.69 Å². The molecule has 5 rings (SSSR count). The maximum Gasteiger partial charge on any atom is 0.416 e. The van der Waals surface area contributed by atoms with Crippen molar-refractivity contribution in [3.05, 3.63) is 66.4 Å². The summed E-state index contributed by atoms with van der Waals surface area (Å²) < 4.78 is 48.4. The molecule has 0 radical (unpaired) electrons. The fraction of sp³-hybridized carbons (Fsp3) is 0.286. The van der Waals surface area contributed by atoms with Crippen molar-refractivity contribution < 1.29 is 22.4 Å². The molecule has 0 bridgehead atoms. The van der Waals surface area contributed by atoms with Gasteiger partial charge in [-0.3, -0.25) is 9.36 Å². The van der Waals surface area contributed by atoms with Gasteiger partial charge in [0, 0.05) is 5.92 Å². The first kappa shape index (κ1) is 22.2. The zero-order valence-electron chi connectivity index (χ0n) is 17.6. The van der Waals surface area contributed by atoms with Gasteiger partial charge in [0.15, 0.2) is 5.16 Å². The molecule has 1 amide bonds. The van der Waals surface area contributed by atoms with E-state index in [-0.39, 0.29) is 17.1 Å². The number of anilines is 1. The van der Waals surface area contributed by atoms with Crippen LogP contribution >= 0.6 is 11.8 Å². The number of rotatable bonds is 8. The van der Waals surface area contributed by atoms with Gasteiger partial charge in [0.25, 0.3) is 0 Å². The van der Waals surface area contributed by atoms with E-state index >= 15 is 0 Å². The van der Waals surface area contributed by atoms with Crippen molar-refractivity contribution in [2.75, 3.05) is 11.1 Å². The normalized spacial score (nSPS) is 13.9. The molecule has 34 heavy (non-hydrogen) atoms. The van der Waals surface area contributed by atoms with Gasteiger partial charge < -0.3 is 9.73 Å². The number of alkyl halides is 3. The molecule has 1 aliphatic carbocycles. The Morgan fingerprint density at radius 2 is 2.09 bits per heavy atom. The first-order valence-corrected chi connectivity index (χ1v) is 11.3. The van der Waals surface area contributed by atoms with Gasteiger partial charge in [0.2, 0.25) is 5.91 Å². The van der Waals surface area contributed by atoms with Gasteiger partial charge in [0.1, 0.15) is 24.2 Å². The summed E-state index contributed by atoms with van der Waals surface area (Å²) >= 11 is 1.15. The Labute approximate surface area is 195 Å². The number of halogens is 3. The standard InChI is InChI=1S/C21H18F3N7O2S/c22-21(23,24)14-5-6-17(31-12-25-11-26-31)16(8-14)27-18(32)10-34-20-29-28-19(13-3-4-13)30(20)9-15-2-1-7-33-15/h1-2,5-8,11-13H,3-4,9-10H2,(H,27,32). The third kappa shape index (κ3) is 4.83. The van der Waals surface area contributed by atoms with Crippen LogP contribution in [0.2, 0.25) is 0 Å². The summed E-state index contributed by atoms with van der Waals surface area (Å²) in [6, 6.07) is 6.68. The Hall–Kier alpha value is -3.61. The number of hydrogen-bond acceptors (Lipinski definition) is 7. The zero-order chi connectivity index (χ0) is 23.7. The summed E-state index contributed by atoms with van der Waals surface area (Å²) in [5.41, 5.74) is -0.644. The molecule has 0 unspecified atom stereocenters. The molecule has 0 saturated heterocycles. The smallest absolute Gasteiger partial charge is 0.416 e. The summed E-state index contributed by atoms with van der Waals surface area (Å²) in [5.74, 6) is 1.33. The van der Waals surface area contributed by atoms with Gasteiger partial charge in [0.05, 0.1) is 35.5 Å². The molecule has 1 aliphatic rings. The average molecular weight is 489 g/mol. The molecule has 13 heteroatoms. The van der Waals surface area contributed by atoms with E-state index in [0.717, 1.165) is 48.3 Å². The summed E-state index contributed by atoms with van der Waals surface area (Å²) in [6.45, 7) is 0.430. The van der Waals surface area contributed by atoms with Crippen LogP contribution in [0, 0.1) is 0 Å². The van der Waals surface area contributed by atoms with Gasteiger partial charge in [-0.25, -0.2) is 9.67 Å². The minimum absolute atomic E-state index is 0.0263. The van der Waals surface area contributed by atoms with Crippen molar-refractivity contribution in [2.24, 2.45) is 0 Å². The molecule has 3 heterocycles. The molecular formula is C21H18F3N7O2S. The fourth-order valence-electron chi connectivity index (χ4n) is 3.42. The number of amides is 1.